The van der Waals surface area contributed by atoms with Crippen LogP contribution >= 0.6 is 0 Å². The SMILES string of the molecule is COc1ccc(COC(=O)c2ccc([N+](=O)[O-])o2)cc1F. The highest BCUT2D eigenvalue weighted by Crippen LogP contribution is 2.19. The number of esters is 1. The van der Waals surface area contributed by atoms with Crippen LogP contribution in [0.25, 0.3) is 0 Å². The molecular formula is C13H10FNO6. The van der Waals surface area contributed by atoms with Crippen LogP contribution in [0.2, 0.25) is 0 Å². The summed E-state index contributed by atoms with van der Waals surface area (Å²) in [7, 11) is 1.34. The molecule has 0 aliphatic heterocycles. The van der Waals surface area contributed by atoms with Crippen LogP contribution in [0.4, 0.5) is 10.3 Å². The average Bonchev–Trinajstić information content (AvgIpc) is 2.95. The molecule has 1 aromatic carbocycles. The fourth-order valence-electron chi connectivity index (χ4n) is 1.56. The van der Waals surface area contributed by atoms with Crippen molar-refractivity contribution in [1.82, 2.24) is 0 Å². The number of rotatable bonds is 5. The number of methoxy groups -OCH3 is 1. The Morgan fingerprint density at radius 3 is 2.71 bits per heavy atom. The van der Waals surface area contributed by atoms with Crippen molar-refractivity contribution in [3.8, 4) is 5.75 Å². The van der Waals surface area contributed by atoms with Crippen molar-refractivity contribution >= 4 is 11.9 Å². The van der Waals surface area contributed by atoms with Gasteiger partial charge in [-0.2, -0.15) is 0 Å². The summed E-state index contributed by atoms with van der Waals surface area (Å²) in [5.74, 6) is -2.24. The monoisotopic (exact) mass is 295 g/mol. The number of ether oxygens (including phenoxy) is 2. The second-order valence-electron chi connectivity index (χ2n) is 3.94. The number of hydrogen-bond donors (Lipinski definition) is 0. The highest BCUT2D eigenvalue weighted by Gasteiger charge is 2.18. The zero-order valence-corrected chi connectivity index (χ0v) is 10.9. The van der Waals surface area contributed by atoms with Crippen molar-refractivity contribution in [3.63, 3.8) is 0 Å². The van der Waals surface area contributed by atoms with Gasteiger partial charge in [0, 0.05) is 0 Å². The summed E-state index contributed by atoms with van der Waals surface area (Å²) >= 11 is 0. The van der Waals surface area contributed by atoms with E-state index in [1.165, 1.54) is 19.2 Å². The van der Waals surface area contributed by atoms with E-state index in [1.807, 2.05) is 0 Å². The second-order valence-corrected chi connectivity index (χ2v) is 3.94. The van der Waals surface area contributed by atoms with Gasteiger partial charge in [0.05, 0.1) is 13.2 Å². The van der Waals surface area contributed by atoms with Gasteiger partial charge in [-0.1, -0.05) is 6.07 Å². The Labute approximate surface area is 118 Å². The lowest BCUT2D eigenvalue weighted by molar-refractivity contribution is -0.402. The summed E-state index contributed by atoms with van der Waals surface area (Å²) in [6.07, 6.45) is 0. The molecule has 7 nitrogen and oxygen atoms in total. The van der Waals surface area contributed by atoms with Gasteiger partial charge in [-0.15, -0.1) is 0 Å². The third kappa shape index (κ3) is 3.35. The lowest BCUT2D eigenvalue weighted by Crippen LogP contribution is -2.04. The highest BCUT2D eigenvalue weighted by molar-refractivity contribution is 5.86. The minimum atomic E-state index is -0.876. The van der Waals surface area contributed by atoms with Crippen LogP contribution in [0.3, 0.4) is 0 Å². The van der Waals surface area contributed by atoms with E-state index in [9.17, 15) is 19.3 Å². The Kier molecular flexibility index (Phi) is 4.17. The van der Waals surface area contributed by atoms with Gasteiger partial charge in [-0.25, -0.2) is 9.18 Å². The molecule has 0 aliphatic carbocycles. The van der Waals surface area contributed by atoms with Crippen molar-refractivity contribution in [1.29, 1.82) is 0 Å². The van der Waals surface area contributed by atoms with E-state index in [0.717, 1.165) is 18.2 Å². The van der Waals surface area contributed by atoms with Crippen LogP contribution in [-0.2, 0) is 11.3 Å². The van der Waals surface area contributed by atoms with Crippen molar-refractivity contribution < 1.29 is 28.0 Å². The topological polar surface area (TPSA) is 91.8 Å². The number of hydrogen-bond acceptors (Lipinski definition) is 6. The van der Waals surface area contributed by atoms with Gasteiger partial charge in [0.25, 0.3) is 0 Å². The molecule has 2 rings (SSSR count). The molecule has 0 atom stereocenters. The first kappa shape index (κ1) is 14.5. The zero-order valence-electron chi connectivity index (χ0n) is 10.9. The van der Waals surface area contributed by atoms with E-state index in [1.54, 1.807) is 0 Å². The summed E-state index contributed by atoms with van der Waals surface area (Å²) < 4.78 is 27.8. The molecule has 0 spiro atoms. The molecule has 0 N–H and O–H groups in total. The van der Waals surface area contributed by atoms with Crippen LogP contribution in [-0.4, -0.2) is 18.0 Å². The molecule has 1 heterocycles. The van der Waals surface area contributed by atoms with Gasteiger partial charge >= 0.3 is 11.9 Å². The quantitative estimate of drug-likeness (QED) is 0.478. The molecule has 8 heteroatoms. The van der Waals surface area contributed by atoms with E-state index >= 15 is 0 Å². The molecule has 2 aromatic rings. The Bertz CT molecular complexity index is 681. The first-order valence-corrected chi connectivity index (χ1v) is 5.75. The summed E-state index contributed by atoms with van der Waals surface area (Å²) in [6.45, 7) is -0.200. The Balaban J connectivity index is 2.00. The van der Waals surface area contributed by atoms with Gasteiger partial charge in [-0.3, -0.25) is 10.1 Å². The molecule has 1 aromatic heterocycles. The summed E-state index contributed by atoms with van der Waals surface area (Å²) in [6, 6.07) is 6.27. The van der Waals surface area contributed by atoms with E-state index in [4.69, 9.17) is 9.47 Å². The zero-order chi connectivity index (χ0) is 15.4. The lowest BCUT2D eigenvalue weighted by Gasteiger charge is -2.05. The second kappa shape index (κ2) is 6.04. The summed E-state index contributed by atoms with van der Waals surface area (Å²) in [4.78, 5) is 21.3. The maximum atomic E-state index is 13.4. The maximum Gasteiger partial charge on any atom is 0.433 e. The number of benzene rings is 1. The fraction of sp³-hybridized carbons (Fsp3) is 0.154. The van der Waals surface area contributed by atoms with Gasteiger partial charge in [0.1, 0.15) is 11.5 Å². The largest absolute Gasteiger partial charge is 0.494 e. The van der Waals surface area contributed by atoms with Gasteiger partial charge in [0.15, 0.2) is 11.6 Å². The van der Waals surface area contributed by atoms with Crippen LogP contribution in [0.1, 0.15) is 16.1 Å². The molecule has 0 bridgehead atoms. The third-order valence-corrected chi connectivity index (χ3v) is 2.56. The van der Waals surface area contributed by atoms with E-state index in [-0.39, 0.29) is 18.1 Å². The van der Waals surface area contributed by atoms with Gasteiger partial charge in [0.2, 0.25) is 5.76 Å². The smallest absolute Gasteiger partial charge is 0.433 e. The van der Waals surface area contributed by atoms with Crippen molar-refractivity contribution in [3.05, 3.63) is 57.6 Å². The molecule has 0 aliphatic rings. The van der Waals surface area contributed by atoms with Gasteiger partial charge < -0.3 is 13.9 Å². The normalized spacial score (nSPS) is 10.2. The van der Waals surface area contributed by atoms with Crippen LogP contribution in [0.5, 0.6) is 5.75 Å². The van der Waals surface area contributed by atoms with E-state index in [0.29, 0.717) is 5.56 Å². The minimum Gasteiger partial charge on any atom is -0.494 e. The molecular weight excluding hydrogens is 285 g/mol. The average molecular weight is 295 g/mol. The van der Waals surface area contributed by atoms with Crippen molar-refractivity contribution in [2.75, 3.05) is 7.11 Å². The highest BCUT2D eigenvalue weighted by atomic mass is 19.1. The van der Waals surface area contributed by atoms with Crippen LogP contribution in [0, 0.1) is 15.9 Å². The van der Waals surface area contributed by atoms with E-state index in [2.05, 4.69) is 4.42 Å². The maximum absolute atomic E-state index is 13.4. The van der Waals surface area contributed by atoms with Crippen LogP contribution < -0.4 is 4.74 Å². The van der Waals surface area contributed by atoms with E-state index < -0.39 is 22.6 Å². The predicted octanol–water partition coefficient (Wildman–Crippen LogP) is 2.69. The standard InChI is InChI=1S/C13H10FNO6/c1-19-10-3-2-8(6-9(10)14)7-20-13(16)11-4-5-12(21-11)15(17)18/h2-6H,7H2,1H3. The number of carbonyl (C=O) groups is 1. The molecule has 0 saturated heterocycles. The molecule has 21 heavy (non-hydrogen) atoms. The molecule has 0 amide bonds. The van der Waals surface area contributed by atoms with Crippen LogP contribution in [0.15, 0.2) is 34.7 Å². The van der Waals surface area contributed by atoms with Crippen molar-refractivity contribution in [2.24, 2.45) is 0 Å². The van der Waals surface area contributed by atoms with Gasteiger partial charge in [-0.05, 0) is 23.8 Å². The predicted molar refractivity (Wildman–Crippen MR) is 67.4 cm³/mol. The Morgan fingerprint density at radius 1 is 1.38 bits per heavy atom. The molecule has 0 fully saturated rings. The number of nitro groups is 1. The number of furan rings is 1. The lowest BCUT2D eigenvalue weighted by atomic mass is 10.2. The first-order chi connectivity index (χ1) is 10.0. The van der Waals surface area contributed by atoms with Crippen molar-refractivity contribution in [2.45, 2.75) is 6.61 Å². The minimum absolute atomic E-state index is 0.0757. The fourth-order valence-corrected chi connectivity index (χ4v) is 1.56. The molecule has 0 radical (unpaired) electrons. The third-order valence-electron chi connectivity index (χ3n) is 2.56. The summed E-state index contributed by atoms with van der Waals surface area (Å²) in [5, 5.41) is 10.4. The summed E-state index contributed by atoms with van der Waals surface area (Å²) in [5.41, 5.74) is 0.405. The Morgan fingerprint density at radius 2 is 2.14 bits per heavy atom. The first-order valence-electron chi connectivity index (χ1n) is 5.75. The molecule has 0 unspecified atom stereocenters. The Hall–Kier alpha value is -2.90. The molecule has 110 valence electrons. The molecule has 0 saturated carbocycles. The number of carbonyl (C=O) groups excluding carboxylic acids is 1. The number of halogens is 1. The number of nitrogens with zero attached hydrogens (tertiary/aromatic N) is 1.